The van der Waals surface area contributed by atoms with E-state index in [4.69, 9.17) is 0 Å². The second-order valence-corrected chi connectivity index (χ2v) is 6.15. The van der Waals surface area contributed by atoms with Crippen molar-refractivity contribution in [2.24, 2.45) is 0 Å². The Morgan fingerprint density at radius 2 is 2.04 bits per heavy atom. The lowest BCUT2D eigenvalue weighted by molar-refractivity contribution is -0.115. The van der Waals surface area contributed by atoms with Crippen LogP contribution in [0.4, 0.5) is 10.5 Å². The van der Waals surface area contributed by atoms with Gasteiger partial charge in [-0.2, -0.15) is 0 Å². The van der Waals surface area contributed by atoms with Crippen LogP contribution in [-0.4, -0.2) is 42.0 Å². The highest BCUT2D eigenvalue weighted by molar-refractivity contribution is 7.09. The first kappa shape index (κ1) is 17.0. The van der Waals surface area contributed by atoms with Crippen molar-refractivity contribution in [3.8, 4) is 0 Å². The minimum atomic E-state index is -0.281. The van der Waals surface area contributed by atoms with Gasteiger partial charge in [0.05, 0.1) is 11.6 Å². The highest BCUT2D eigenvalue weighted by atomic mass is 32.1. The molecule has 0 aliphatic carbocycles. The van der Waals surface area contributed by atoms with Crippen LogP contribution < -0.4 is 10.6 Å². The Labute approximate surface area is 139 Å². The number of urea groups is 1. The Bertz CT molecular complexity index is 631. The van der Waals surface area contributed by atoms with E-state index in [1.807, 2.05) is 30.5 Å². The number of carbonyl (C=O) groups is 2. The molecule has 6 nitrogen and oxygen atoms in total. The average Bonchev–Trinajstić information content (AvgIpc) is 3.08. The number of amides is 3. The number of aromatic nitrogens is 1. The van der Waals surface area contributed by atoms with Gasteiger partial charge in [-0.3, -0.25) is 4.79 Å². The Hall–Kier alpha value is -2.41. The number of hydrogen-bond donors (Lipinski definition) is 2. The molecule has 2 rings (SSSR count). The molecule has 0 spiro atoms. The van der Waals surface area contributed by atoms with Gasteiger partial charge in [0.25, 0.3) is 0 Å². The summed E-state index contributed by atoms with van der Waals surface area (Å²) >= 11 is 1.57. The molecule has 0 radical (unpaired) electrons. The van der Waals surface area contributed by atoms with Gasteiger partial charge in [-0.15, -0.1) is 11.3 Å². The quantitative estimate of drug-likeness (QED) is 0.853. The predicted molar refractivity (Wildman–Crippen MR) is 91.6 cm³/mol. The van der Waals surface area contributed by atoms with Gasteiger partial charge in [0, 0.05) is 36.8 Å². The van der Waals surface area contributed by atoms with Crippen LogP contribution in [0.5, 0.6) is 0 Å². The molecule has 1 heterocycles. The maximum absolute atomic E-state index is 12.0. The van der Waals surface area contributed by atoms with Crippen molar-refractivity contribution in [2.75, 3.05) is 25.5 Å². The van der Waals surface area contributed by atoms with Crippen LogP contribution in [0, 0.1) is 0 Å². The molecule has 0 aliphatic heterocycles. The van der Waals surface area contributed by atoms with Gasteiger partial charge in [0.1, 0.15) is 0 Å². The summed E-state index contributed by atoms with van der Waals surface area (Å²) in [5.74, 6) is -0.102. The zero-order valence-electron chi connectivity index (χ0n) is 13.2. The molecular formula is C16H20N4O2S. The number of hydrogen-bond acceptors (Lipinski definition) is 4. The number of rotatable bonds is 6. The molecule has 23 heavy (non-hydrogen) atoms. The minimum absolute atomic E-state index is 0.0658. The number of likely N-dealkylation sites (N-methyl/N-ethyl adjacent to an activating group) is 1. The van der Waals surface area contributed by atoms with Gasteiger partial charge in [-0.05, 0) is 12.1 Å². The molecular weight excluding hydrogens is 312 g/mol. The van der Waals surface area contributed by atoms with Crippen LogP contribution in [0.15, 0.2) is 41.9 Å². The molecule has 0 fully saturated rings. The monoisotopic (exact) mass is 332 g/mol. The summed E-state index contributed by atoms with van der Waals surface area (Å²) in [4.78, 5) is 29.6. The number of carbonyl (C=O) groups excluding carboxylic acids is 2. The van der Waals surface area contributed by atoms with Gasteiger partial charge in [0.2, 0.25) is 5.91 Å². The molecule has 0 bridgehead atoms. The first-order chi connectivity index (χ1) is 11.1. The summed E-state index contributed by atoms with van der Waals surface area (Å²) in [5, 5.41) is 8.24. The third-order valence-corrected chi connectivity index (χ3v) is 4.23. The average molecular weight is 332 g/mol. The largest absolute Gasteiger partial charge is 0.329 e. The molecule has 2 N–H and O–H groups in total. The van der Waals surface area contributed by atoms with Gasteiger partial charge < -0.3 is 15.5 Å². The van der Waals surface area contributed by atoms with Crippen LogP contribution in [0.3, 0.4) is 0 Å². The topological polar surface area (TPSA) is 74.3 Å². The van der Waals surface area contributed by atoms with E-state index in [9.17, 15) is 9.59 Å². The summed E-state index contributed by atoms with van der Waals surface area (Å²) in [6.07, 6.45) is 1.75. The molecule has 122 valence electrons. The molecule has 2 aromatic rings. The van der Waals surface area contributed by atoms with Gasteiger partial charge in [-0.1, -0.05) is 25.1 Å². The van der Waals surface area contributed by atoms with Crippen LogP contribution in [0.25, 0.3) is 0 Å². The van der Waals surface area contributed by atoms with Crippen LogP contribution >= 0.6 is 11.3 Å². The number of benzene rings is 1. The number of para-hydroxylation sites is 1. The van der Waals surface area contributed by atoms with Crippen molar-refractivity contribution in [1.82, 2.24) is 15.2 Å². The van der Waals surface area contributed by atoms with E-state index < -0.39 is 0 Å². The SMILES string of the molecule is C[C@H](CN(C)C(=O)NCC(=O)Nc1ccccc1)c1nccs1. The van der Waals surface area contributed by atoms with Gasteiger partial charge in [0.15, 0.2) is 0 Å². The van der Waals surface area contributed by atoms with Crippen molar-refractivity contribution in [3.63, 3.8) is 0 Å². The minimum Gasteiger partial charge on any atom is -0.329 e. The third kappa shape index (κ3) is 5.37. The number of thiazole rings is 1. The van der Waals surface area contributed by atoms with E-state index in [2.05, 4.69) is 15.6 Å². The van der Waals surface area contributed by atoms with Crippen molar-refractivity contribution in [3.05, 3.63) is 46.9 Å². The zero-order valence-corrected chi connectivity index (χ0v) is 14.0. The molecule has 0 unspecified atom stereocenters. The smallest absolute Gasteiger partial charge is 0.317 e. The summed E-state index contributed by atoms with van der Waals surface area (Å²) < 4.78 is 0. The molecule has 1 aromatic carbocycles. The van der Waals surface area contributed by atoms with E-state index in [-0.39, 0.29) is 24.4 Å². The maximum atomic E-state index is 12.0. The van der Waals surface area contributed by atoms with Crippen molar-refractivity contribution in [2.45, 2.75) is 12.8 Å². The first-order valence-electron chi connectivity index (χ1n) is 7.29. The fourth-order valence-corrected chi connectivity index (χ4v) is 2.76. The lowest BCUT2D eigenvalue weighted by atomic mass is 10.2. The highest BCUT2D eigenvalue weighted by Crippen LogP contribution is 2.18. The molecule has 0 saturated heterocycles. The summed E-state index contributed by atoms with van der Waals surface area (Å²) in [6, 6.07) is 8.85. The first-order valence-corrected chi connectivity index (χ1v) is 8.17. The molecule has 3 amide bonds. The fraction of sp³-hybridized carbons (Fsp3) is 0.312. The molecule has 0 aliphatic rings. The second-order valence-electron chi connectivity index (χ2n) is 5.22. The molecule has 1 atom stereocenters. The van der Waals surface area contributed by atoms with E-state index in [1.165, 1.54) is 0 Å². The number of nitrogens with one attached hydrogen (secondary N) is 2. The zero-order chi connectivity index (χ0) is 16.7. The standard InChI is InChI=1S/C16H20N4O2S/c1-12(15-17-8-9-23-15)11-20(2)16(22)18-10-14(21)19-13-6-4-3-5-7-13/h3-9,12H,10-11H2,1-2H3,(H,18,22)(H,19,21)/t12-/m1/s1. The van der Waals surface area contributed by atoms with E-state index >= 15 is 0 Å². The Balaban J connectivity index is 1.74. The number of anilines is 1. The van der Waals surface area contributed by atoms with Gasteiger partial charge >= 0.3 is 6.03 Å². The Morgan fingerprint density at radius 3 is 2.70 bits per heavy atom. The highest BCUT2D eigenvalue weighted by Gasteiger charge is 2.16. The Kier molecular flexibility index (Phi) is 6.10. The van der Waals surface area contributed by atoms with Crippen molar-refractivity contribution >= 4 is 29.0 Å². The van der Waals surface area contributed by atoms with Crippen molar-refractivity contribution in [1.29, 1.82) is 0 Å². The normalized spacial score (nSPS) is 11.6. The summed E-state index contributed by atoms with van der Waals surface area (Å²) in [5.41, 5.74) is 0.706. The van der Waals surface area contributed by atoms with E-state index in [0.717, 1.165) is 5.01 Å². The van der Waals surface area contributed by atoms with E-state index in [1.54, 1.807) is 41.6 Å². The predicted octanol–water partition coefficient (Wildman–Crippen LogP) is 2.53. The van der Waals surface area contributed by atoms with Gasteiger partial charge in [-0.25, -0.2) is 9.78 Å². The second kappa shape index (κ2) is 8.28. The van der Waals surface area contributed by atoms with Crippen LogP contribution in [0.1, 0.15) is 17.8 Å². The van der Waals surface area contributed by atoms with Crippen LogP contribution in [0.2, 0.25) is 0 Å². The summed E-state index contributed by atoms with van der Waals surface area (Å²) in [6.45, 7) is 2.49. The summed E-state index contributed by atoms with van der Waals surface area (Å²) in [7, 11) is 1.70. The van der Waals surface area contributed by atoms with Crippen LogP contribution in [-0.2, 0) is 4.79 Å². The third-order valence-electron chi connectivity index (χ3n) is 3.23. The lowest BCUT2D eigenvalue weighted by Gasteiger charge is -2.20. The number of nitrogens with zero attached hydrogens (tertiary/aromatic N) is 2. The Morgan fingerprint density at radius 1 is 1.30 bits per heavy atom. The maximum Gasteiger partial charge on any atom is 0.317 e. The molecule has 0 saturated carbocycles. The van der Waals surface area contributed by atoms with Crippen molar-refractivity contribution < 1.29 is 9.59 Å². The fourth-order valence-electron chi connectivity index (χ4n) is 2.07. The lowest BCUT2D eigenvalue weighted by Crippen LogP contribution is -2.42. The molecule has 1 aromatic heterocycles. The molecule has 7 heteroatoms. The van der Waals surface area contributed by atoms with E-state index in [0.29, 0.717) is 12.2 Å².